The Morgan fingerprint density at radius 1 is 1.12 bits per heavy atom. The van der Waals surface area contributed by atoms with Gasteiger partial charge in [0, 0.05) is 0 Å². The van der Waals surface area contributed by atoms with Crippen LogP contribution in [0.5, 0.6) is 0 Å². The zero-order chi connectivity index (χ0) is 16.5. The van der Waals surface area contributed by atoms with Gasteiger partial charge in [-0.05, 0) is 31.2 Å². The molecule has 3 aliphatic rings. The normalized spacial score (nSPS) is 17.9. The van der Waals surface area contributed by atoms with Crippen molar-refractivity contribution in [2.45, 2.75) is 6.92 Å². The average Bonchev–Trinajstić information content (AvgIpc) is 2.60. The third kappa shape index (κ3) is 2.56. The molecule has 0 N–H and O–H groups in total. The SMILES string of the molecule is CC1=NC2=NC(COC(=O)c3ccccc3)=NC3=CC=CC(=N1)N32. The molecule has 0 bridgehead atoms. The number of hydrogen-bond donors (Lipinski definition) is 0. The van der Waals surface area contributed by atoms with Crippen molar-refractivity contribution in [2.24, 2.45) is 20.0 Å². The summed E-state index contributed by atoms with van der Waals surface area (Å²) >= 11 is 0. The van der Waals surface area contributed by atoms with Gasteiger partial charge in [0.1, 0.15) is 17.5 Å². The molecule has 0 fully saturated rings. The van der Waals surface area contributed by atoms with Gasteiger partial charge in [0.15, 0.2) is 12.4 Å². The predicted molar refractivity (Wildman–Crippen MR) is 91.2 cm³/mol. The number of ether oxygens (including phenoxy) is 1. The molecule has 0 amide bonds. The first-order valence-corrected chi connectivity index (χ1v) is 7.41. The van der Waals surface area contributed by atoms with Crippen molar-refractivity contribution < 1.29 is 9.53 Å². The summed E-state index contributed by atoms with van der Waals surface area (Å²) in [5.41, 5.74) is 0.490. The maximum atomic E-state index is 12.0. The molecule has 3 aliphatic heterocycles. The first kappa shape index (κ1) is 14.3. The topological polar surface area (TPSA) is 79.0 Å². The third-order valence-electron chi connectivity index (χ3n) is 3.50. The number of allylic oxidation sites excluding steroid dienone is 2. The highest BCUT2D eigenvalue weighted by Gasteiger charge is 2.29. The summed E-state index contributed by atoms with van der Waals surface area (Å²) in [5, 5.41) is 0. The number of esters is 1. The lowest BCUT2D eigenvalue weighted by Crippen LogP contribution is -2.41. The van der Waals surface area contributed by atoms with Crippen LogP contribution in [0.4, 0.5) is 0 Å². The molecule has 0 aromatic heterocycles. The van der Waals surface area contributed by atoms with E-state index in [0.717, 1.165) is 5.84 Å². The van der Waals surface area contributed by atoms with Gasteiger partial charge < -0.3 is 4.74 Å². The smallest absolute Gasteiger partial charge is 0.338 e. The molecule has 0 radical (unpaired) electrons. The van der Waals surface area contributed by atoms with Gasteiger partial charge in [-0.2, -0.15) is 9.98 Å². The number of guanidine groups is 1. The highest BCUT2D eigenvalue weighted by Crippen LogP contribution is 2.22. The van der Waals surface area contributed by atoms with Crippen molar-refractivity contribution in [3.8, 4) is 0 Å². The molecule has 24 heavy (non-hydrogen) atoms. The Labute approximate surface area is 138 Å². The van der Waals surface area contributed by atoms with Crippen LogP contribution < -0.4 is 0 Å². The standard InChI is InChI=1S/C17H13N5O2/c1-11-18-14-8-5-9-15-20-13(21-17(19-11)22(14)15)10-24-16(23)12-6-3-2-4-7-12/h2-9H,10H2,1H3. The van der Waals surface area contributed by atoms with Crippen LogP contribution in [0.2, 0.25) is 0 Å². The minimum absolute atomic E-state index is 0.0207. The number of hydrogen-bond acceptors (Lipinski definition) is 7. The molecule has 0 unspecified atom stereocenters. The lowest BCUT2D eigenvalue weighted by atomic mass is 10.2. The molecular weight excluding hydrogens is 306 g/mol. The van der Waals surface area contributed by atoms with Crippen LogP contribution in [0.3, 0.4) is 0 Å². The van der Waals surface area contributed by atoms with Crippen LogP contribution in [0.25, 0.3) is 0 Å². The Bertz CT molecular complexity index is 891. The summed E-state index contributed by atoms with van der Waals surface area (Å²) in [7, 11) is 0. The van der Waals surface area contributed by atoms with Crippen LogP contribution in [-0.4, -0.2) is 40.9 Å². The van der Waals surface area contributed by atoms with Crippen molar-refractivity contribution in [2.75, 3.05) is 6.61 Å². The molecule has 0 atom stereocenters. The molecule has 1 aromatic carbocycles. The summed E-state index contributed by atoms with van der Waals surface area (Å²) in [5.74, 6) is 2.46. The molecule has 7 heteroatoms. The van der Waals surface area contributed by atoms with Gasteiger partial charge in [-0.25, -0.2) is 19.7 Å². The molecular formula is C17H13N5O2. The van der Waals surface area contributed by atoms with Gasteiger partial charge in [0.25, 0.3) is 0 Å². The van der Waals surface area contributed by atoms with E-state index < -0.39 is 5.97 Å². The molecule has 4 rings (SSSR count). The largest absolute Gasteiger partial charge is 0.454 e. The fraction of sp³-hybridized carbons (Fsp3) is 0.118. The first-order chi connectivity index (χ1) is 11.7. The quantitative estimate of drug-likeness (QED) is 0.801. The first-order valence-electron chi connectivity index (χ1n) is 7.41. The van der Waals surface area contributed by atoms with E-state index in [1.54, 1.807) is 36.1 Å². The predicted octanol–water partition coefficient (Wildman–Crippen LogP) is 2.16. The summed E-state index contributed by atoms with van der Waals surface area (Å²) < 4.78 is 5.29. The molecule has 0 saturated heterocycles. The minimum Gasteiger partial charge on any atom is -0.454 e. The number of nitrogens with zero attached hydrogens (tertiary/aromatic N) is 5. The second kappa shape index (κ2) is 5.69. The minimum atomic E-state index is -0.413. The van der Waals surface area contributed by atoms with E-state index in [4.69, 9.17) is 4.74 Å². The molecule has 1 aromatic rings. The van der Waals surface area contributed by atoms with E-state index in [-0.39, 0.29) is 6.61 Å². The van der Waals surface area contributed by atoms with Crippen molar-refractivity contribution in [1.29, 1.82) is 0 Å². The number of carbonyl (C=O) groups excluding carboxylic acids is 1. The van der Waals surface area contributed by atoms with Crippen LogP contribution >= 0.6 is 0 Å². The highest BCUT2D eigenvalue weighted by molar-refractivity contribution is 6.20. The monoisotopic (exact) mass is 319 g/mol. The number of rotatable bonds is 3. The fourth-order valence-electron chi connectivity index (χ4n) is 2.45. The molecule has 118 valence electrons. The third-order valence-corrected chi connectivity index (χ3v) is 3.50. The second-order valence-electron chi connectivity index (χ2n) is 5.23. The average molecular weight is 319 g/mol. The van der Waals surface area contributed by atoms with E-state index in [1.807, 2.05) is 24.3 Å². The maximum Gasteiger partial charge on any atom is 0.338 e. The van der Waals surface area contributed by atoms with Crippen molar-refractivity contribution in [3.05, 3.63) is 59.9 Å². The lowest BCUT2D eigenvalue weighted by Gasteiger charge is -2.30. The van der Waals surface area contributed by atoms with Crippen LogP contribution in [0.15, 0.2) is 74.4 Å². The summed E-state index contributed by atoms with van der Waals surface area (Å²) in [6.07, 6.45) is 5.57. The molecule has 3 heterocycles. The number of aliphatic imine (C=N–C) groups is 4. The van der Waals surface area contributed by atoms with E-state index >= 15 is 0 Å². The van der Waals surface area contributed by atoms with Gasteiger partial charge in [-0.1, -0.05) is 24.3 Å². The molecule has 0 spiro atoms. The van der Waals surface area contributed by atoms with Crippen molar-refractivity contribution >= 4 is 29.4 Å². The summed E-state index contributed by atoms with van der Waals surface area (Å²) in [6, 6.07) is 8.81. The Morgan fingerprint density at radius 2 is 1.96 bits per heavy atom. The molecule has 0 aliphatic carbocycles. The van der Waals surface area contributed by atoms with Gasteiger partial charge in [0.05, 0.1) is 5.56 Å². The Hall–Kier alpha value is -3.35. The summed E-state index contributed by atoms with van der Waals surface area (Å²) in [4.78, 5) is 31.3. The van der Waals surface area contributed by atoms with Crippen molar-refractivity contribution in [3.63, 3.8) is 0 Å². The van der Waals surface area contributed by atoms with Gasteiger partial charge >= 0.3 is 5.97 Å². The zero-order valence-electron chi connectivity index (χ0n) is 12.9. The van der Waals surface area contributed by atoms with E-state index in [1.165, 1.54) is 0 Å². The lowest BCUT2D eigenvalue weighted by molar-refractivity contribution is 0.0562. The van der Waals surface area contributed by atoms with E-state index in [9.17, 15) is 4.79 Å². The Kier molecular flexibility index (Phi) is 3.38. The highest BCUT2D eigenvalue weighted by atomic mass is 16.5. The molecule has 0 saturated carbocycles. The number of amidine groups is 3. The van der Waals surface area contributed by atoms with Gasteiger partial charge in [-0.3, -0.25) is 0 Å². The number of benzene rings is 1. The zero-order valence-corrected chi connectivity index (χ0v) is 12.9. The van der Waals surface area contributed by atoms with Crippen LogP contribution in [0.1, 0.15) is 17.3 Å². The van der Waals surface area contributed by atoms with E-state index in [0.29, 0.717) is 29.0 Å². The van der Waals surface area contributed by atoms with Gasteiger partial charge in [0.2, 0.25) is 5.96 Å². The Morgan fingerprint density at radius 3 is 2.79 bits per heavy atom. The second-order valence-corrected chi connectivity index (χ2v) is 5.23. The molecule has 7 nitrogen and oxygen atoms in total. The van der Waals surface area contributed by atoms with Crippen LogP contribution in [-0.2, 0) is 4.74 Å². The van der Waals surface area contributed by atoms with Crippen LogP contribution in [0, 0.1) is 0 Å². The fourth-order valence-corrected chi connectivity index (χ4v) is 2.45. The van der Waals surface area contributed by atoms with E-state index in [2.05, 4.69) is 20.0 Å². The number of carbonyl (C=O) groups is 1. The summed E-state index contributed by atoms with van der Waals surface area (Å²) in [6.45, 7) is 1.78. The Balaban J connectivity index is 1.55. The van der Waals surface area contributed by atoms with Crippen molar-refractivity contribution in [1.82, 2.24) is 4.90 Å². The van der Waals surface area contributed by atoms with Gasteiger partial charge in [-0.15, -0.1) is 0 Å². The maximum absolute atomic E-state index is 12.0.